The van der Waals surface area contributed by atoms with Crippen molar-refractivity contribution in [1.29, 1.82) is 0 Å². The van der Waals surface area contributed by atoms with Crippen molar-refractivity contribution in [3.63, 3.8) is 0 Å². The quantitative estimate of drug-likeness (QED) is 0.572. The van der Waals surface area contributed by atoms with E-state index in [1.54, 1.807) is 0 Å². The van der Waals surface area contributed by atoms with E-state index < -0.39 is 0 Å². The summed E-state index contributed by atoms with van der Waals surface area (Å²) in [4.78, 5) is 4.05. The van der Waals surface area contributed by atoms with Crippen molar-refractivity contribution in [2.45, 2.75) is 32.6 Å². The number of aryl methyl sites for hydroxylation is 1. The first kappa shape index (κ1) is 10.8. The highest BCUT2D eigenvalue weighted by atomic mass is 14.8. The summed E-state index contributed by atoms with van der Waals surface area (Å²) in [7, 11) is 0. The normalized spacial score (nSPS) is 10.1. The SMILES string of the molecule is C=C(C)CCCCc1ccc(N)nc1. The van der Waals surface area contributed by atoms with Gasteiger partial charge in [-0.1, -0.05) is 11.6 Å². The molecule has 2 heteroatoms. The number of hydrogen-bond donors (Lipinski definition) is 1. The molecule has 76 valence electrons. The number of nitrogens with two attached hydrogens (primary N) is 1. The fourth-order valence-electron chi connectivity index (χ4n) is 1.34. The molecule has 1 aromatic heterocycles. The number of hydrogen-bond acceptors (Lipinski definition) is 2. The van der Waals surface area contributed by atoms with Crippen LogP contribution >= 0.6 is 0 Å². The molecular formula is C12H18N2. The zero-order valence-corrected chi connectivity index (χ0v) is 8.79. The summed E-state index contributed by atoms with van der Waals surface area (Å²) < 4.78 is 0. The van der Waals surface area contributed by atoms with Crippen LogP contribution in [0.15, 0.2) is 30.5 Å². The van der Waals surface area contributed by atoms with E-state index in [1.807, 2.05) is 18.3 Å². The Labute approximate surface area is 85.9 Å². The van der Waals surface area contributed by atoms with Crippen molar-refractivity contribution in [1.82, 2.24) is 4.98 Å². The van der Waals surface area contributed by atoms with Gasteiger partial charge < -0.3 is 5.73 Å². The predicted molar refractivity (Wildman–Crippen MR) is 61.0 cm³/mol. The molecule has 0 amide bonds. The number of allylic oxidation sites excluding steroid dienone is 1. The first-order valence-corrected chi connectivity index (χ1v) is 5.03. The largest absolute Gasteiger partial charge is 0.384 e. The molecule has 0 bridgehead atoms. The van der Waals surface area contributed by atoms with Crippen LogP contribution in [0.3, 0.4) is 0 Å². The number of nitrogens with zero attached hydrogens (tertiary/aromatic N) is 1. The Hall–Kier alpha value is -1.31. The lowest BCUT2D eigenvalue weighted by Gasteiger charge is -2.01. The minimum absolute atomic E-state index is 0.593. The van der Waals surface area contributed by atoms with E-state index in [9.17, 15) is 0 Å². The Bertz CT molecular complexity index is 288. The molecule has 1 aromatic rings. The fourth-order valence-corrected chi connectivity index (χ4v) is 1.34. The average molecular weight is 190 g/mol. The van der Waals surface area contributed by atoms with Crippen molar-refractivity contribution in [2.24, 2.45) is 0 Å². The van der Waals surface area contributed by atoms with Crippen LogP contribution in [0.1, 0.15) is 31.7 Å². The Balaban J connectivity index is 2.25. The molecule has 0 unspecified atom stereocenters. The predicted octanol–water partition coefficient (Wildman–Crippen LogP) is 2.95. The summed E-state index contributed by atoms with van der Waals surface area (Å²) in [5.41, 5.74) is 8.03. The maximum Gasteiger partial charge on any atom is 0.123 e. The van der Waals surface area contributed by atoms with E-state index in [4.69, 9.17) is 5.73 Å². The van der Waals surface area contributed by atoms with Crippen molar-refractivity contribution in [3.8, 4) is 0 Å². The Morgan fingerprint density at radius 2 is 2.21 bits per heavy atom. The highest BCUT2D eigenvalue weighted by molar-refractivity contribution is 5.29. The number of rotatable bonds is 5. The van der Waals surface area contributed by atoms with E-state index in [0.717, 1.165) is 12.8 Å². The molecule has 2 nitrogen and oxygen atoms in total. The first-order chi connectivity index (χ1) is 6.68. The van der Waals surface area contributed by atoms with Crippen LogP contribution in [0.5, 0.6) is 0 Å². The maximum absolute atomic E-state index is 5.50. The van der Waals surface area contributed by atoms with Gasteiger partial charge in [0.15, 0.2) is 0 Å². The molecule has 0 aliphatic carbocycles. The molecule has 14 heavy (non-hydrogen) atoms. The number of nitrogen functional groups attached to an aromatic ring is 1. The molecule has 2 N–H and O–H groups in total. The topological polar surface area (TPSA) is 38.9 Å². The number of unbranched alkanes of at least 4 members (excludes halogenated alkanes) is 1. The van der Waals surface area contributed by atoms with Gasteiger partial charge in [0, 0.05) is 6.20 Å². The smallest absolute Gasteiger partial charge is 0.123 e. The molecular weight excluding hydrogens is 172 g/mol. The zero-order chi connectivity index (χ0) is 10.4. The summed E-state index contributed by atoms with van der Waals surface area (Å²) in [5.74, 6) is 0.593. The standard InChI is InChI=1S/C12H18N2/c1-10(2)5-3-4-6-11-7-8-12(13)14-9-11/h7-9H,1,3-6H2,2H3,(H2,13,14). The third kappa shape index (κ3) is 4.08. The number of aromatic nitrogens is 1. The van der Waals surface area contributed by atoms with Gasteiger partial charge in [0.2, 0.25) is 0 Å². The van der Waals surface area contributed by atoms with Crippen LogP contribution in [-0.2, 0) is 6.42 Å². The van der Waals surface area contributed by atoms with E-state index in [0.29, 0.717) is 5.82 Å². The van der Waals surface area contributed by atoms with Gasteiger partial charge in [-0.3, -0.25) is 0 Å². The fraction of sp³-hybridized carbons (Fsp3) is 0.417. The Morgan fingerprint density at radius 3 is 2.79 bits per heavy atom. The molecule has 0 saturated carbocycles. The van der Waals surface area contributed by atoms with Crippen molar-refractivity contribution < 1.29 is 0 Å². The number of anilines is 1. The van der Waals surface area contributed by atoms with Gasteiger partial charge in [0.25, 0.3) is 0 Å². The van der Waals surface area contributed by atoms with Gasteiger partial charge in [-0.15, -0.1) is 6.58 Å². The van der Waals surface area contributed by atoms with Gasteiger partial charge in [-0.25, -0.2) is 4.98 Å². The van der Waals surface area contributed by atoms with E-state index in [2.05, 4.69) is 18.5 Å². The van der Waals surface area contributed by atoms with E-state index in [-0.39, 0.29) is 0 Å². The molecule has 0 spiro atoms. The third-order valence-electron chi connectivity index (χ3n) is 2.17. The molecule has 0 atom stereocenters. The molecule has 1 heterocycles. The monoisotopic (exact) mass is 190 g/mol. The van der Waals surface area contributed by atoms with Gasteiger partial charge in [-0.2, -0.15) is 0 Å². The van der Waals surface area contributed by atoms with Crippen LogP contribution < -0.4 is 5.73 Å². The highest BCUT2D eigenvalue weighted by Gasteiger charge is 1.94. The minimum Gasteiger partial charge on any atom is -0.384 e. The summed E-state index contributed by atoms with van der Waals surface area (Å²) in [6.07, 6.45) is 6.47. The minimum atomic E-state index is 0.593. The lowest BCUT2D eigenvalue weighted by molar-refractivity contribution is 0.729. The van der Waals surface area contributed by atoms with Crippen LogP contribution in [0, 0.1) is 0 Å². The summed E-state index contributed by atoms with van der Waals surface area (Å²) in [5, 5.41) is 0. The van der Waals surface area contributed by atoms with Crippen LogP contribution in [-0.4, -0.2) is 4.98 Å². The average Bonchev–Trinajstić information content (AvgIpc) is 2.15. The Morgan fingerprint density at radius 1 is 1.43 bits per heavy atom. The molecule has 0 aliphatic rings. The second-order valence-electron chi connectivity index (χ2n) is 3.76. The van der Waals surface area contributed by atoms with Gasteiger partial charge in [-0.05, 0) is 44.2 Å². The van der Waals surface area contributed by atoms with Crippen molar-refractivity contribution >= 4 is 5.82 Å². The number of pyridine rings is 1. The molecule has 0 radical (unpaired) electrons. The molecule has 1 rings (SSSR count). The molecule has 0 fully saturated rings. The first-order valence-electron chi connectivity index (χ1n) is 5.03. The second-order valence-corrected chi connectivity index (χ2v) is 3.76. The lowest BCUT2D eigenvalue weighted by Crippen LogP contribution is -1.92. The van der Waals surface area contributed by atoms with Crippen LogP contribution in [0.25, 0.3) is 0 Å². The summed E-state index contributed by atoms with van der Waals surface area (Å²) >= 11 is 0. The second kappa shape index (κ2) is 5.43. The summed E-state index contributed by atoms with van der Waals surface area (Å²) in [6.45, 7) is 5.96. The van der Waals surface area contributed by atoms with Crippen molar-refractivity contribution in [2.75, 3.05) is 5.73 Å². The zero-order valence-electron chi connectivity index (χ0n) is 8.79. The van der Waals surface area contributed by atoms with Gasteiger partial charge in [0.1, 0.15) is 5.82 Å². The van der Waals surface area contributed by atoms with Crippen LogP contribution in [0.4, 0.5) is 5.82 Å². The van der Waals surface area contributed by atoms with Gasteiger partial charge in [0.05, 0.1) is 0 Å². The molecule has 0 aromatic carbocycles. The van der Waals surface area contributed by atoms with Crippen LogP contribution in [0.2, 0.25) is 0 Å². The van der Waals surface area contributed by atoms with E-state index in [1.165, 1.54) is 24.0 Å². The highest BCUT2D eigenvalue weighted by Crippen LogP contribution is 2.09. The lowest BCUT2D eigenvalue weighted by atomic mass is 10.1. The van der Waals surface area contributed by atoms with Crippen molar-refractivity contribution in [3.05, 3.63) is 36.0 Å². The Kier molecular flexibility index (Phi) is 4.17. The third-order valence-corrected chi connectivity index (χ3v) is 2.17. The van der Waals surface area contributed by atoms with Gasteiger partial charge >= 0.3 is 0 Å². The summed E-state index contributed by atoms with van der Waals surface area (Å²) in [6, 6.07) is 3.90. The molecule has 0 saturated heterocycles. The molecule has 0 aliphatic heterocycles. The van der Waals surface area contributed by atoms with E-state index >= 15 is 0 Å². The maximum atomic E-state index is 5.50.